The molecule has 0 aliphatic carbocycles. The molecular weight excluding hydrogens is 257 g/mol. The molecule has 1 heterocycles. The number of halogens is 2. The lowest BCUT2D eigenvalue weighted by molar-refractivity contribution is 0.0472. The Balaban J connectivity index is 2.02. The molecule has 0 saturated heterocycles. The summed E-state index contributed by atoms with van der Waals surface area (Å²) in [5.74, 6) is -0.925. The highest BCUT2D eigenvalue weighted by Crippen LogP contribution is 2.18. The number of esters is 1. The van der Waals surface area contributed by atoms with Crippen LogP contribution in [0, 0.1) is 5.82 Å². The standard InChI is InChI=1S/C13H9ClFNO2/c14-12-6-11(15)4-3-10(12)8-18-13(17)9-2-1-5-16-7-9/h1-7H,8H2. The number of ether oxygens (including phenoxy) is 1. The van der Waals surface area contributed by atoms with Crippen LogP contribution in [-0.4, -0.2) is 11.0 Å². The van der Waals surface area contributed by atoms with Crippen molar-refractivity contribution in [3.05, 3.63) is 64.7 Å². The molecule has 0 amide bonds. The Kier molecular flexibility index (Phi) is 3.89. The van der Waals surface area contributed by atoms with Gasteiger partial charge in [-0.05, 0) is 24.3 Å². The highest BCUT2D eigenvalue weighted by molar-refractivity contribution is 6.31. The summed E-state index contributed by atoms with van der Waals surface area (Å²) < 4.78 is 17.9. The van der Waals surface area contributed by atoms with Crippen molar-refractivity contribution in [3.8, 4) is 0 Å². The van der Waals surface area contributed by atoms with Gasteiger partial charge in [-0.2, -0.15) is 0 Å². The van der Waals surface area contributed by atoms with Crippen molar-refractivity contribution >= 4 is 17.6 Å². The monoisotopic (exact) mass is 265 g/mol. The van der Waals surface area contributed by atoms with Crippen LogP contribution in [-0.2, 0) is 11.3 Å². The van der Waals surface area contributed by atoms with Crippen LogP contribution < -0.4 is 0 Å². The van der Waals surface area contributed by atoms with Crippen LogP contribution in [0.1, 0.15) is 15.9 Å². The molecular formula is C13H9ClFNO2. The third-order valence-electron chi connectivity index (χ3n) is 2.27. The van der Waals surface area contributed by atoms with Gasteiger partial charge in [0.2, 0.25) is 0 Å². The number of hydrogen-bond acceptors (Lipinski definition) is 3. The smallest absolute Gasteiger partial charge is 0.340 e. The third kappa shape index (κ3) is 3.05. The second kappa shape index (κ2) is 5.60. The number of carbonyl (C=O) groups excluding carboxylic acids is 1. The second-order valence-corrected chi connectivity index (χ2v) is 3.96. The maximum absolute atomic E-state index is 12.8. The van der Waals surface area contributed by atoms with Gasteiger partial charge in [-0.25, -0.2) is 9.18 Å². The van der Waals surface area contributed by atoms with Crippen molar-refractivity contribution in [3.63, 3.8) is 0 Å². The topological polar surface area (TPSA) is 39.2 Å². The molecule has 1 aromatic carbocycles. The Morgan fingerprint density at radius 1 is 1.39 bits per heavy atom. The first-order valence-electron chi connectivity index (χ1n) is 5.18. The van der Waals surface area contributed by atoms with E-state index in [1.807, 2.05) is 0 Å². The zero-order valence-electron chi connectivity index (χ0n) is 9.27. The number of carbonyl (C=O) groups is 1. The van der Waals surface area contributed by atoms with Crippen LogP contribution in [0.2, 0.25) is 5.02 Å². The zero-order chi connectivity index (χ0) is 13.0. The molecule has 0 unspecified atom stereocenters. The quantitative estimate of drug-likeness (QED) is 0.800. The van der Waals surface area contributed by atoms with Gasteiger partial charge in [-0.15, -0.1) is 0 Å². The van der Waals surface area contributed by atoms with Crippen LogP contribution in [0.25, 0.3) is 0 Å². The molecule has 92 valence electrons. The minimum absolute atomic E-state index is 0.00710. The van der Waals surface area contributed by atoms with Gasteiger partial charge in [0.25, 0.3) is 0 Å². The fourth-order valence-electron chi connectivity index (χ4n) is 1.35. The van der Waals surface area contributed by atoms with E-state index < -0.39 is 11.8 Å². The Bertz CT molecular complexity index is 560. The van der Waals surface area contributed by atoms with Crippen molar-refractivity contribution in [2.24, 2.45) is 0 Å². The van der Waals surface area contributed by atoms with Crippen LogP contribution in [0.5, 0.6) is 0 Å². The Hall–Kier alpha value is -1.94. The molecule has 0 atom stereocenters. The molecule has 5 heteroatoms. The molecule has 0 aliphatic heterocycles. The largest absolute Gasteiger partial charge is 0.457 e. The summed E-state index contributed by atoms with van der Waals surface area (Å²) in [4.78, 5) is 15.4. The molecule has 0 spiro atoms. The Morgan fingerprint density at radius 3 is 2.89 bits per heavy atom. The molecule has 0 radical (unpaired) electrons. The Labute approximate surface area is 108 Å². The van der Waals surface area contributed by atoms with Crippen LogP contribution in [0.3, 0.4) is 0 Å². The van der Waals surface area contributed by atoms with E-state index in [9.17, 15) is 9.18 Å². The van der Waals surface area contributed by atoms with Crippen molar-refractivity contribution in [2.45, 2.75) is 6.61 Å². The number of pyridine rings is 1. The fraction of sp³-hybridized carbons (Fsp3) is 0.0769. The zero-order valence-corrected chi connectivity index (χ0v) is 10.0. The molecule has 0 saturated carbocycles. The number of benzene rings is 1. The molecule has 0 aliphatic rings. The molecule has 0 N–H and O–H groups in total. The lowest BCUT2D eigenvalue weighted by Crippen LogP contribution is -2.05. The summed E-state index contributed by atoms with van der Waals surface area (Å²) in [5, 5.41) is 0.231. The third-order valence-corrected chi connectivity index (χ3v) is 2.62. The number of nitrogens with zero attached hydrogens (tertiary/aromatic N) is 1. The van der Waals surface area contributed by atoms with E-state index in [2.05, 4.69) is 4.98 Å². The normalized spacial score (nSPS) is 10.1. The van der Waals surface area contributed by atoms with Crippen LogP contribution in [0.4, 0.5) is 4.39 Å². The van der Waals surface area contributed by atoms with Crippen molar-refractivity contribution in [1.29, 1.82) is 0 Å². The molecule has 0 fully saturated rings. The summed E-state index contributed by atoms with van der Waals surface area (Å²) in [6.45, 7) is -0.00710. The van der Waals surface area contributed by atoms with Gasteiger partial charge in [-0.1, -0.05) is 17.7 Å². The predicted octanol–water partition coefficient (Wildman–Crippen LogP) is 3.23. The van der Waals surface area contributed by atoms with E-state index in [4.69, 9.17) is 16.3 Å². The molecule has 3 nitrogen and oxygen atoms in total. The summed E-state index contributed by atoms with van der Waals surface area (Å²) in [6, 6.07) is 7.16. The van der Waals surface area contributed by atoms with E-state index in [0.717, 1.165) is 0 Å². The van der Waals surface area contributed by atoms with Gasteiger partial charge in [0.05, 0.1) is 10.6 Å². The summed E-state index contributed by atoms with van der Waals surface area (Å²) >= 11 is 5.82. The lowest BCUT2D eigenvalue weighted by atomic mass is 10.2. The van der Waals surface area contributed by atoms with Gasteiger partial charge < -0.3 is 4.74 Å². The van der Waals surface area contributed by atoms with Crippen molar-refractivity contribution in [2.75, 3.05) is 0 Å². The number of rotatable bonds is 3. The average Bonchev–Trinajstić information content (AvgIpc) is 2.38. The average molecular weight is 266 g/mol. The minimum Gasteiger partial charge on any atom is -0.457 e. The van der Waals surface area contributed by atoms with Gasteiger partial charge in [-0.3, -0.25) is 4.98 Å². The summed E-state index contributed by atoms with van der Waals surface area (Å²) in [7, 11) is 0. The highest BCUT2D eigenvalue weighted by Gasteiger charge is 2.09. The van der Waals surface area contributed by atoms with E-state index in [1.54, 1.807) is 18.3 Å². The highest BCUT2D eigenvalue weighted by atomic mass is 35.5. The molecule has 2 rings (SSSR count). The van der Waals surface area contributed by atoms with E-state index in [0.29, 0.717) is 11.1 Å². The predicted molar refractivity (Wildman–Crippen MR) is 64.8 cm³/mol. The van der Waals surface area contributed by atoms with Gasteiger partial charge >= 0.3 is 5.97 Å². The van der Waals surface area contributed by atoms with Crippen LogP contribution >= 0.6 is 11.6 Å². The Morgan fingerprint density at radius 2 is 2.22 bits per heavy atom. The van der Waals surface area contributed by atoms with E-state index >= 15 is 0 Å². The second-order valence-electron chi connectivity index (χ2n) is 3.55. The van der Waals surface area contributed by atoms with Crippen LogP contribution in [0.15, 0.2) is 42.7 Å². The first kappa shape index (κ1) is 12.5. The first-order chi connectivity index (χ1) is 8.66. The lowest BCUT2D eigenvalue weighted by Gasteiger charge is -2.06. The molecule has 1 aromatic heterocycles. The number of aromatic nitrogens is 1. The SMILES string of the molecule is O=C(OCc1ccc(F)cc1Cl)c1cccnc1. The van der Waals surface area contributed by atoms with Crippen molar-refractivity contribution < 1.29 is 13.9 Å². The van der Waals surface area contributed by atoms with Gasteiger partial charge in [0.1, 0.15) is 12.4 Å². The fourth-order valence-corrected chi connectivity index (χ4v) is 1.57. The number of hydrogen-bond donors (Lipinski definition) is 0. The first-order valence-corrected chi connectivity index (χ1v) is 5.55. The van der Waals surface area contributed by atoms with Crippen molar-refractivity contribution in [1.82, 2.24) is 4.98 Å². The summed E-state index contributed by atoms with van der Waals surface area (Å²) in [6.07, 6.45) is 2.97. The minimum atomic E-state index is -0.497. The molecule has 18 heavy (non-hydrogen) atoms. The maximum atomic E-state index is 12.8. The van der Waals surface area contributed by atoms with E-state index in [1.165, 1.54) is 24.4 Å². The van der Waals surface area contributed by atoms with E-state index in [-0.39, 0.29) is 11.6 Å². The van der Waals surface area contributed by atoms with Gasteiger partial charge in [0.15, 0.2) is 0 Å². The summed E-state index contributed by atoms with van der Waals surface area (Å²) in [5.41, 5.74) is 0.908. The molecule has 0 bridgehead atoms. The molecule has 2 aromatic rings. The maximum Gasteiger partial charge on any atom is 0.340 e. The van der Waals surface area contributed by atoms with Gasteiger partial charge in [0, 0.05) is 18.0 Å².